The average molecular weight is 409 g/mol. The number of aryl methyl sites for hydroxylation is 2. The van der Waals surface area contributed by atoms with E-state index in [4.69, 9.17) is 0 Å². The molecule has 0 saturated heterocycles. The molecule has 0 aliphatic carbocycles. The van der Waals surface area contributed by atoms with Gasteiger partial charge in [-0.2, -0.15) is 0 Å². The van der Waals surface area contributed by atoms with E-state index >= 15 is 0 Å². The fourth-order valence-electron chi connectivity index (χ4n) is 2.96. The Balaban J connectivity index is 2.34. The van der Waals surface area contributed by atoms with Crippen LogP contribution < -0.4 is 5.32 Å². The number of hydrogen-bond donors (Lipinski definition) is 1. The molecular formula is C20H32N4O3S. The van der Waals surface area contributed by atoms with Crippen LogP contribution in [0.3, 0.4) is 0 Å². The van der Waals surface area contributed by atoms with E-state index in [0.29, 0.717) is 18.4 Å². The van der Waals surface area contributed by atoms with Gasteiger partial charge in [-0.25, -0.2) is 17.7 Å². The Kier molecular flexibility index (Phi) is 7.60. The molecule has 0 radical (unpaired) electrons. The van der Waals surface area contributed by atoms with E-state index in [9.17, 15) is 13.2 Å². The maximum Gasteiger partial charge on any atom is 0.242 e. The van der Waals surface area contributed by atoms with Crippen LogP contribution in [0.2, 0.25) is 0 Å². The summed E-state index contributed by atoms with van der Waals surface area (Å²) in [5.74, 6) is 0.835. The average Bonchev–Trinajstić information content (AvgIpc) is 3.00. The van der Waals surface area contributed by atoms with Crippen molar-refractivity contribution < 1.29 is 13.2 Å². The van der Waals surface area contributed by atoms with Crippen LogP contribution in [0.15, 0.2) is 23.1 Å². The van der Waals surface area contributed by atoms with Crippen LogP contribution in [0.5, 0.6) is 0 Å². The van der Waals surface area contributed by atoms with Gasteiger partial charge in [-0.1, -0.05) is 20.3 Å². The quantitative estimate of drug-likeness (QED) is 0.655. The summed E-state index contributed by atoms with van der Waals surface area (Å²) in [6.45, 7) is 6.95. The molecule has 2 rings (SSSR count). The van der Waals surface area contributed by atoms with Gasteiger partial charge in [0, 0.05) is 39.5 Å². The number of rotatable bonds is 10. The zero-order chi connectivity index (χ0) is 20.9. The van der Waals surface area contributed by atoms with Gasteiger partial charge in [0.15, 0.2) is 0 Å². The fourth-order valence-corrected chi connectivity index (χ4v) is 3.88. The summed E-state index contributed by atoms with van der Waals surface area (Å²) in [7, 11) is -0.482. The number of amides is 1. The van der Waals surface area contributed by atoms with Gasteiger partial charge in [-0.3, -0.25) is 4.79 Å². The highest BCUT2D eigenvalue weighted by molar-refractivity contribution is 7.89. The maximum absolute atomic E-state index is 12.4. The van der Waals surface area contributed by atoms with E-state index in [-0.39, 0.29) is 16.8 Å². The second-order valence-electron chi connectivity index (χ2n) is 7.35. The third kappa shape index (κ3) is 5.11. The number of sulfonamides is 1. The minimum absolute atomic E-state index is 0.0133. The van der Waals surface area contributed by atoms with Crippen molar-refractivity contribution in [3.8, 4) is 0 Å². The summed E-state index contributed by atoms with van der Waals surface area (Å²) in [5.41, 5.74) is 1.56. The summed E-state index contributed by atoms with van der Waals surface area (Å²) < 4.78 is 28.2. The van der Waals surface area contributed by atoms with Crippen LogP contribution in [-0.4, -0.2) is 48.3 Å². The van der Waals surface area contributed by atoms with Crippen molar-refractivity contribution in [3.63, 3.8) is 0 Å². The van der Waals surface area contributed by atoms with Gasteiger partial charge in [-0.15, -0.1) is 0 Å². The topological polar surface area (TPSA) is 84.3 Å². The number of unbranched alkanes of at least 4 members (excludes halogenated alkanes) is 1. The van der Waals surface area contributed by atoms with Crippen molar-refractivity contribution in [1.29, 1.82) is 0 Å². The van der Waals surface area contributed by atoms with Crippen LogP contribution in [0, 0.1) is 0 Å². The molecule has 1 heterocycles. The van der Waals surface area contributed by atoms with E-state index in [1.807, 2.05) is 19.9 Å². The molecule has 0 unspecified atom stereocenters. The molecule has 8 heteroatoms. The summed E-state index contributed by atoms with van der Waals surface area (Å²) in [6.07, 6.45) is 3.82. The molecule has 7 nitrogen and oxygen atoms in total. The van der Waals surface area contributed by atoms with Gasteiger partial charge in [0.2, 0.25) is 15.9 Å². The number of aromatic nitrogens is 2. The van der Waals surface area contributed by atoms with Crippen LogP contribution in [0.1, 0.15) is 52.3 Å². The molecule has 1 aromatic carbocycles. The molecule has 1 N–H and O–H groups in total. The molecule has 0 aliphatic heterocycles. The third-order valence-corrected chi connectivity index (χ3v) is 6.72. The Labute approximate surface area is 168 Å². The van der Waals surface area contributed by atoms with Crippen LogP contribution >= 0.6 is 0 Å². The highest BCUT2D eigenvalue weighted by Gasteiger charge is 2.20. The Morgan fingerprint density at radius 3 is 2.61 bits per heavy atom. The second kappa shape index (κ2) is 9.52. The minimum atomic E-state index is -3.51. The van der Waals surface area contributed by atoms with Crippen LogP contribution in [-0.2, 0) is 27.8 Å². The first kappa shape index (κ1) is 22.4. The van der Waals surface area contributed by atoms with E-state index < -0.39 is 10.0 Å². The molecule has 1 atom stereocenters. The number of nitrogens with zero attached hydrogens (tertiary/aromatic N) is 3. The molecule has 0 saturated carbocycles. The van der Waals surface area contributed by atoms with Gasteiger partial charge in [0.1, 0.15) is 5.82 Å². The predicted molar refractivity (Wildman–Crippen MR) is 112 cm³/mol. The zero-order valence-corrected chi connectivity index (χ0v) is 18.3. The van der Waals surface area contributed by atoms with Crippen molar-refractivity contribution in [3.05, 3.63) is 24.0 Å². The maximum atomic E-state index is 12.4. The first-order valence-electron chi connectivity index (χ1n) is 9.91. The Morgan fingerprint density at radius 2 is 2.00 bits per heavy atom. The van der Waals surface area contributed by atoms with E-state index in [0.717, 1.165) is 37.1 Å². The second-order valence-corrected chi connectivity index (χ2v) is 9.50. The lowest BCUT2D eigenvalue weighted by Gasteiger charge is -2.12. The summed E-state index contributed by atoms with van der Waals surface area (Å²) in [5, 5.41) is 2.98. The Morgan fingerprint density at radius 1 is 1.29 bits per heavy atom. The molecule has 2 aromatic rings. The van der Waals surface area contributed by atoms with E-state index in [2.05, 4.69) is 21.8 Å². The van der Waals surface area contributed by atoms with Crippen molar-refractivity contribution in [2.24, 2.45) is 0 Å². The summed E-state index contributed by atoms with van der Waals surface area (Å²) >= 11 is 0. The zero-order valence-electron chi connectivity index (χ0n) is 17.5. The number of fused-ring (bicyclic) bond motifs is 1. The van der Waals surface area contributed by atoms with E-state index in [1.54, 1.807) is 12.1 Å². The first-order chi connectivity index (χ1) is 13.2. The van der Waals surface area contributed by atoms with Crippen LogP contribution in [0.4, 0.5) is 0 Å². The first-order valence-corrected chi connectivity index (χ1v) is 11.4. The Hall–Kier alpha value is -1.93. The number of carbonyl (C=O) groups excluding carboxylic acids is 1. The van der Waals surface area contributed by atoms with Crippen molar-refractivity contribution in [1.82, 2.24) is 19.2 Å². The molecule has 28 heavy (non-hydrogen) atoms. The highest BCUT2D eigenvalue weighted by Crippen LogP contribution is 2.23. The van der Waals surface area contributed by atoms with Gasteiger partial charge >= 0.3 is 0 Å². The molecule has 0 aliphatic rings. The molecule has 0 bridgehead atoms. The molecule has 156 valence electrons. The SMILES string of the molecule is CCCCn1c(CCC(=O)N[C@@H](C)CC)nc2cc(S(=O)(=O)N(C)C)ccc21. The minimum Gasteiger partial charge on any atom is -0.354 e. The van der Waals surface area contributed by atoms with Crippen molar-refractivity contribution in [2.45, 2.75) is 70.4 Å². The highest BCUT2D eigenvalue weighted by atomic mass is 32.2. The molecule has 0 fully saturated rings. The molecule has 1 amide bonds. The lowest BCUT2D eigenvalue weighted by molar-refractivity contribution is -0.121. The molecular weight excluding hydrogens is 376 g/mol. The van der Waals surface area contributed by atoms with Gasteiger partial charge in [0.05, 0.1) is 15.9 Å². The number of nitrogens with one attached hydrogen (secondary N) is 1. The normalized spacial score (nSPS) is 13.2. The van der Waals surface area contributed by atoms with Gasteiger partial charge < -0.3 is 9.88 Å². The molecule has 1 aromatic heterocycles. The van der Waals surface area contributed by atoms with Gasteiger partial charge in [0.25, 0.3) is 0 Å². The lowest BCUT2D eigenvalue weighted by Crippen LogP contribution is -2.32. The number of imidazole rings is 1. The number of carbonyl (C=O) groups is 1. The molecule has 0 spiro atoms. The smallest absolute Gasteiger partial charge is 0.242 e. The van der Waals surface area contributed by atoms with Crippen LogP contribution in [0.25, 0.3) is 11.0 Å². The van der Waals surface area contributed by atoms with Gasteiger partial charge in [-0.05, 0) is 38.0 Å². The predicted octanol–water partition coefficient (Wildman–Crippen LogP) is 2.93. The fraction of sp³-hybridized carbons (Fsp3) is 0.600. The summed E-state index contributed by atoms with van der Waals surface area (Å²) in [4.78, 5) is 17.1. The Bertz CT molecular complexity index is 919. The largest absolute Gasteiger partial charge is 0.354 e. The van der Waals surface area contributed by atoms with Crippen molar-refractivity contribution >= 4 is 27.0 Å². The monoisotopic (exact) mass is 408 g/mol. The number of benzene rings is 1. The van der Waals surface area contributed by atoms with E-state index in [1.165, 1.54) is 18.4 Å². The third-order valence-electron chi connectivity index (χ3n) is 4.91. The number of hydrogen-bond acceptors (Lipinski definition) is 4. The summed E-state index contributed by atoms with van der Waals surface area (Å²) in [6, 6.07) is 5.22. The van der Waals surface area contributed by atoms with Crippen molar-refractivity contribution in [2.75, 3.05) is 14.1 Å². The lowest BCUT2D eigenvalue weighted by atomic mass is 10.2. The standard InChI is InChI=1S/C20H32N4O3S/c1-6-8-13-24-18-10-9-16(28(26,27)23(4)5)14-17(18)22-19(24)11-12-20(25)21-15(3)7-2/h9-10,14-15H,6-8,11-13H2,1-5H3,(H,21,25)/t15-/m0/s1.